The Hall–Kier alpha value is -1.76. The third-order valence-corrected chi connectivity index (χ3v) is 3.41. The topological polar surface area (TPSA) is 58.6 Å². The zero-order valence-corrected chi connectivity index (χ0v) is 11.4. The van der Waals surface area contributed by atoms with Crippen molar-refractivity contribution in [2.45, 2.75) is 37.6 Å². The highest BCUT2D eigenvalue weighted by Crippen LogP contribution is 2.34. The van der Waals surface area contributed by atoms with E-state index in [0.29, 0.717) is 12.8 Å². The molecule has 4 nitrogen and oxygen atoms in total. The lowest BCUT2D eigenvalue weighted by atomic mass is 10.2. The van der Waals surface area contributed by atoms with Crippen LogP contribution in [0.25, 0.3) is 0 Å². The number of ether oxygens (including phenoxy) is 1. The van der Waals surface area contributed by atoms with E-state index in [-0.39, 0.29) is 12.4 Å². The van der Waals surface area contributed by atoms with Gasteiger partial charge in [-0.15, -0.1) is 0 Å². The number of amides is 1. The van der Waals surface area contributed by atoms with Crippen molar-refractivity contribution in [1.29, 1.82) is 0 Å². The second kappa shape index (κ2) is 5.55. The predicted molar refractivity (Wildman–Crippen MR) is 68.7 cm³/mol. The van der Waals surface area contributed by atoms with Gasteiger partial charge < -0.3 is 15.2 Å². The Morgan fingerprint density at radius 1 is 1.38 bits per heavy atom. The molecule has 1 atom stereocenters. The molecule has 1 amide bonds. The number of alkyl halides is 3. The Labute approximate surface area is 119 Å². The lowest BCUT2D eigenvalue weighted by Crippen LogP contribution is -2.45. The first-order valence-electron chi connectivity index (χ1n) is 6.53. The summed E-state index contributed by atoms with van der Waals surface area (Å²) in [5, 5.41) is 11.8. The van der Waals surface area contributed by atoms with Gasteiger partial charge in [-0.05, 0) is 44.0 Å². The molecule has 0 radical (unpaired) electrons. The van der Waals surface area contributed by atoms with E-state index in [1.807, 2.05) is 0 Å². The lowest BCUT2D eigenvalue weighted by Gasteiger charge is -2.19. The normalized spacial score (nSPS) is 18.0. The van der Waals surface area contributed by atoms with Gasteiger partial charge in [0.05, 0.1) is 17.7 Å². The molecule has 1 fully saturated rings. The van der Waals surface area contributed by atoms with Crippen LogP contribution in [0.5, 0.6) is 5.75 Å². The Balaban J connectivity index is 1.93. The Morgan fingerprint density at radius 2 is 1.95 bits per heavy atom. The first-order valence-corrected chi connectivity index (χ1v) is 6.53. The summed E-state index contributed by atoms with van der Waals surface area (Å²) < 4.78 is 42.5. The van der Waals surface area contributed by atoms with Gasteiger partial charge in [0.2, 0.25) is 0 Å². The summed E-state index contributed by atoms with van der Waals surface area (Å²) in [4.78, 5) is 11.9. The maximum Gasteiger partial charge on any atom is 0.416 e. The number of hydrogen-bond donors (Lipinski definition) is 2. The highest BCUT2D eigenvalue weighted by Gasteiger charge is 2.44. The zero-order chi connectivity index (χ0) is 15.7. The van der Waals surface area contributed by atoms with Crippen molar-refractivity contribution in [3.63, 3.8) is 0 Å². The largest absolute Gasteiger partial charge is 0.481 e. The summed E-state index contributed by atoms with van der Waals surface area (Å²) in [6.45, 7) is 1.37. The fourth-order valence-corrected chi connectivity index (χ4v) is 1.82. The minimum atomic E-state index is -4.40. The third kappa shape index (κ3) is 3.87. The molecule has 0 aliphatic heterocycles. The minimum absolute atomic E-state index is 0.133. The van der Waals surface area contributed by atoms with Gasteiger partial charge in [0.1, 0.15) is 5.75 Å². The van der Waals surface area contributed by atoms with Gasteiger partial charge in [-0.1, -0.05) is 0 Å². The van der Waals surface area contributed by atoms with Gasteiger partial charge in [0.15, 0.2) is 6.10 Å². The van der Waals surface area contributed by atoms with Crippen LogP contribution < -0.4 is 10.1 Å². The molecule has 1 aliphatic carbocycles. The SMILES string of the molecule is C[C@H](Oc1ccc(C(F)(F)F)cc1)C(=O)NC1(CO)CC1. The molecule has 116 valence electrons. The van der Waals surface area contributed by atoms with Crippen LogP contribution in [0.1, 0.15) is 25.3 Å². The summed E-state index contributed by atoms with van der Waals surface area (Å²) >= 11 is 0. The van der Waals surface area contributed by atoms with Crippen LogP contribution in [0.3, 0.4) is 0 Å². The van der Waals surface area contributed by atoms with Crippen molar-refractivity contribution in [1.82, 2.24) is 5.32 Å². The maximum absolute atomic E-state index is 12.4. The molecule has 1 aliphatic rings. The number of carbonyl (C=O) groups is 1. The first-order chi connectivity index (χ1) is 9.76. The lowest BCUT2D eigenvalue weighted by molar-refractivity contribution is -0.137. The second-order valence-corrected chi connectivity index (χ2v) is 5.21. The van der Waals surface area contributed by atoms with Gasteiger partial charge >= 0.3 is 6.18 Å². The summed E-state index contributed by atoms with van der Waals surface area (Å²) in [5.41, 5.74) is -1.32. The van der Waals surface area contributed by atoms with E-state index >= 15 is 0 Å². The molecule has 1 saturated carbocycles. The first kappa shape index (κ1) is 15.6. The van der Waals surface area contributed by atoms with E-state index in [1.165, 1.54) is 19.1 Å². The minimum Gasteiger partial charge on any atom is -0.481 e. The van der Waals surface area contributed by atoms with Crippen molar-refractivity contribution < 1.29 is 27.8 Å². The molecule has 21 heavy (non-hydrogen) atoms. The van der Waals surface area contributed by atoms with E-state index in [4.69, 9.17) is 9.84 Å². The van der Waals surface area contributed by atoms with E-state index in [0.717, 1.165) is 12.1 Å². The van der Waals surface area contributed by atoms with Crippen molar-refractivity contribution in [3.8, 4) is 5.75 Å². The van der Waals surface area contributed by atoms with Crippen molar-refractivity contribution in [3.05, 3.63) is 29.8 Å². The molecule has 0 aromatic heterocycles. The highest BCUT2D eigenvalue weighted by molar-refractivity contribution is 5.81. The molecular formula is C14H16F3NO3. The monoisotopic (exact) mass is 303 g/mol. The number of hydrogen-bond acceptors (Lipinski definition) is 3. The Bertz CT molecular complexity index is 509. The standard InChI is InChI=1S/C14H16F3NO3/c1-9(12(20)18-13(8-19)6-7-13)21-11-4-2-10(3-5-11)14(15,16)17/h2-5,9,19H,6-8H2,1H3,(H,18,20)/t9-/m0/s1. The smallest absolute Gasteiger partial charge is 0.416 e. The number of benzene rings is 1. The van der Waals surface area contributed by atoms with Crippen LogP contribution in [0.2, 0.25) is 0 Å². The molecule has 1 aromatic carbocycles. The van der Waals surface area contributed by atoms with Crippen LogP contribution in [-0.2, 0) is 11.0 Å². The van der Waals surface area contributed by atoms with Gasteiger partial charge in [-0.2, -0.15) is 13.2 Å². The van der Waals surface area contributed by atoms with Gasteiger partial charge in [0, 0.05) is 0 Å². The number of rotatable bonds is 5. The third-order valence-electron chi connectivity index (χ3n) is 3.41. The molecule has 7 heteroatoms. The summed E-state index contributed by atoms with van der Waals surface area (Å²) in [6, 6.07) is 4.14. The van der Waals surface area contributed by atoms with Crippen LogP contribution >= 0.6 is 0 Å². The zero-order valence-electron chi connectivity index (χ0n) is 11.4. The van der Waals surface area contributed by atoms with Crippen molar-refractivity contribution in [2.75, 3.05) is 6.61 Å². The number of halogens is 3. The quantitative estimate of drug-likeness (QED) is 0.876. The van der Waals surface area contributed by atoms with Crippen LogP contribution in [-0.4, -0.2) is 29.3 Å². The second-order valence-electron chi connectivity index (χ2n) is 5.21. The van der Waals surface area contributed by atoms with Crippen LogP contribution in [0.4, 0.5) is 13.2 Å². The van der Waals surface area contributed by atoms with E-state index in [2.05, 4.69) is 5.32 Å². The Kier molecular flexibility index (Phi) is 4.13. The molecule has 0 spiro atoms. The molecule has 0 saturated heterocycles. The van der Waals surface area contributed by atoms with Crippen LogP contribution in [0, 0.1) is 0 Å². The molecule has 2 rings (SSSR count). The Morgan fingerprint density at radius 3 is 2.38 bits per heavy atom. The van der Waals surface area contributed by atoms with Gasteiger partial charge in [-0.25, -0.2) is 0 Å². The van der Waals surface area contributed by atoms with Gasteiger partial charge in [0.25, 0.3) is 5.91 Å². The van der Waals surface area contributed by atoms with Gasteiger partial charge in [-0.3, -0.25) is 4.79 Å². The summed E-state index contributed by atoms with van der Waals surface area (Å²) in [7, 11) is 0. The molecule has 2 N–H and O–H groups in total. The fraction of sp³-hybridized carbons (Fsp3) is 0.500. The maximum atomic E-state index is 12.4. The van der Waals surface area contributed by atoms with Crippen molar-refractivity contribution in [2.24, 2.45) is 0 Å². The molecule has 0 heterocycles. The van der Waals surface area contributed by atoms with Crippen LogP contribution in [0.15, 0.2) is 24.3 Å². The average molecular weight is 303 g/mol. The molecule has 1 aromatic rings. The fourth-order valence-electron chi connectivity index (χ4n) is 1.82. The van der Waals surface area contributed by atoms with E-state index in [1.54, 1.807) is 0 Å². The summed E-state index contributed by atoms with van der Waals surface area (Å²) in [5.74, 6) is -0.221. The van der Waals surface area contributed by atoms with E-state index in [9.17, 15) is 18.0 Å². The van der Waals surface area contributed by atoms with Crippen molar-refractivity contribution >= 4 is 5.91 Å². The average Bonchev–Trinajstić information content (AvgIpc) is 3.18. The number of carbonyl (C=O) groups excluding carboxylic acids is 1. The predicted octanol–water partition coefficient (Wildman–Crippen LogP) is 2.11. The molecular weight excluding hydrogens is 287 g/mol. The molecule has 0 bridgehead atoms. The number of aliphatic hydroxyl groups is 1. The number of aliphatic hydroxyl groups excluding tert-OH is 1. The highest BCUT2D eigenvalue weighted by atomic mass is 19.4. The summed E-state index contributed by atoms with van der Waals surface area (Å²) in [6.07, 6.45) is -3.84. The molecule has 0 unspecified atom stereocenters. The number of nitrogens with one attached hydrogen (secondary N) is 1. The van der Waals surface area contributed by atoms with E-state index < -0.39 is 29.3 Å².